The Morgan fingerprint density at radius 1 is 1.30 bits per heavy atom. The van der Waals surface area contributed by atoms with Crippen LogP contribution in [0.15, 0.2) is 24.3 Å². The maximum absolute atomic E-state index is 11.8. The second kappa shape index (κ2) is 8.55. The predicted octanol–water partition coefficient (Wildman–Crippen LogP) is 1.67. The van der Waals surface area contributed by atoms with Crippen molar-refractivity contribution in [1.82, 2.24) is 10.6 Å². The first kappa shape index (κ1) is 16.5. The molecular weight excluding hydrogens is 280 g/mol. The first-order valence-electron chi connectivity index (χ1n) is 6.36. The first-order valence-corrected chi connectivity index (χ1v) is 6.74. The van der Waals surface area contributed by atoms with Crippen molar-refractivity contribution in [2.45, 2.75) is 19.4 Å². The number of esters is 1. The molecule has 0 aliphatic rings. The molecule has 0 bridgehead atoms. The summed E-state index contributed by atoms with van der Waals surface area (Å²) in [6.07, 6.45) is 0.706. The van der Waals surface area contributed by atoms with Gasteiger partial charge in [-0.2, -0.15) is 0 Å². The van der Waals surface area contributed by atoms with Gasteiger partial charge in [-0.05, 0) is 24.6 Å². The van der Waals surface area contributed by atoms with Crippen LogP contribution < -0.4 is 10.6 Å². The van der Waals surface area contributed by atoms with Gasteiger partial charge in [-0.25, -0.2) is 4.79 Å². The predicted molar refractivity (Wildman–Crippen MR) is 77.5 cm³/mol. The van der Waals surface area contributed by atoms with Crippen molar-refractivity contribution in [2.75, 3.05) is 20.2 Å². The van der Waals surface area contributed by atoms with Crippen molar-refractivity contribution in [3.8, 4) is 0 Å². The molecule has 1 unspecified atom stereocenters. The van der Waals surface area contributed by atoms with E-state index in [9.17, 15) is 9.59 Å². The molecule has 0 saturated heterocycles. The summed E-state index contributed by atoms with van der Waals surface area (Å²) in [7, 11) is 1.34. The first-order chi connectivity index (χ1) is 9.56. The van der Waals surface area contributed by atoms with E-state index in [4.69, 9.17) is 16.3 Å². The third-order valence-corrected chi connectivity index (χ3v) is 3.07. The Morgan fingerprint density at radius 3 is 2.60 bits per heavy atom. The Balaban J connectivity index is 2.60. The molecule has 0 saturated carbocycles. The number of halogens is 1. The SMILES string of the molecule is COC(=O)C(NCCCNC(C)=O)c1ccccc1Cl. The van der Waals surface area contributed by atoms with Gasteiger partial charge in [0.15, 0.2) is 0 Å². The lowest BCUT2D eigenvalue weighted by molar-refractivity contribution is -0.143. The quantitative estimate of drug-likeness (QED) is 0.593. The van der Waals surface area contributed by atoms with Gasteiger partial charge in [0.1, 0.15) is 6.04 Å². The van der Waals surface area contributed by atoms with Crippen LogP contribution in [0.25, 0.3) is 0 Å². The van der Waals surface area contributed by atoms with Gasteiger partial charge >= 0.3 is 5.97 Å². The normalized spacial score (nSPS) is 11.8. The molecule has 1 amide bonds. The average molecular weight is 299 g/mol. The zero-order valence-corrected chi connectivity index (χ0v) is 12.4. The van der Waals surface area contributed by atoms with Crippen LogP contribution in [-0.2, 0) is 14.3 Å². The number of nitrogens with one attached hydrogen (secondary N) is 2. The van der Waals surface area contributed by atoms with Crippen LogP contribution in [0, 0.1) is 0 Å². The maximum Gasteiger partial charge on any atom is 0.327 e. The lowest BCUT2D eigenvalue weighted by atomic mass is 10.1. The summed E-state index contributed by atoms with van der Waals surface area (Å²) in [4.78, 5) is 22.6. The Labute approximate surface area is 123 Å². The van der Waals surface area contributed by atoms with E-state index < -0.39 is 12.0 Å². The number of amides is 1. The van der Waals surface area contributed by atoms with Gasteiger partial charge in [-0.3, -0.25) is 4.79 Å². The van der Waals surface area contributed by atoms with Gasteiger partial charge in [0, 0.05) is 18.5 Å². The monoisotopic (exact) mass is 298 g/mol. The summed E-state index contributed by atoms with van der Waals surface area (Å²) in [5.41, 5.74) is 0.681. The number of ether oxygens (including phenoxy) is 1. The molecule has 1 aromatic carbocycles. The van der Waals surface area contributed by atoms with E-state index in [1.54, 1.807) is 18.2 Å². The molecule has 2 N–H and O–H groups in total. The molecule has 110 valence electrons. The Morgan fingerprint density at radius 2 is 2.00 bits per heavy atom. The van der Waals surface area contributed by atoms with Gasteiger partial charge in [-0.15, -0.1) is 0 Å². The molecule has 0 aliphatic carbocycles. The third-order valence-electron chi connectivity index (χ3n) is 2.73. The van der Waals surface area contributed by atoms with Gasteiger partial charge in [0.05, 0.1) is 7.11 Å². The molecule has 1 aromatic rings. The van der Waals surface area contributed by atoms with Gasteiger partial charge in [0.25, 0.3) is 0 Å². The van der Waals surface area contributed by atoms with Crippen LogP contribution >= 0.6 is 11.6 Å². The van der Waals surface area contributed by atoms with Crippen molar-refractivity contribution >= 4 is 23.5 Å². The lowest BCUT2D eigenvalue weighted by Gasteiger charge is -2.18. The molecule has 1 rings (SSSR count). The van der Waals surface area contributed by atoms with Crippen molar-refractivity contribution in [1.29, 1.82) is 0 Å². The second-order valence-corrected chi connectivity index (χ2v) is 4.68. The largest absolute Gasteiger partial charge is 0.468 e. The highest BCUT2D eigenvalue weighted by molar-refractivity contribution is 6.31. The van der Waals surface area contributed by atoms with Crippen LogP contribution in [0.1, 0.15) is 24.9 Å². The fourth-order valence-corrected chi connectivity index (χ4v) is 1.99. The van der Waals surface area contributed by atoms with Crippen molar-refractivity contribution in [3.05, 3.63) is 34.9 Å². The highest BCUT2D eigenvalue weighted by Crippen LogP contribution is 2.23. The van der Waals surface area contributed by atoms with E-state index in [-0.39, 0.29) is 5.91 Å². The van der Waals surface area contributed by atoms with E-state index in [1.807, 2.05) is 6.07 Å². The summed E-state index contributed by atoms with van der Waals surface area (Å²) < 4.78 is 4.79. The summed E-state index contributed by atoms with van der Waals surface area (Å²) in [5, 5.41) is 6.29. The minimum absolute atomic E-state index is 0.0689. The zero-order chi connectivity index (χ0) is 15.0. The molecule has 0 fully saturated rings. The van der Waals surface area contributed by atoms with Crippen LogP contribution in [-0.4, -0.2) is 32.1 Å². The van der Waals surface area contributed by atoms with Crippen molar-refractivity contribution in [2.24, 2.45) is 0 Å². The van der Waals surface area contributed by atoms with Gasteiger partial charge in [-0.1, -0.05) is 29.8 Å². The van der Waals surface area contributed by atoms with Crippen molar-refractivity contribution in [3.63, 3.8) is 0 Å². The number of benzene rings is 1. The summed E-state index contributed by atoms with van der Waals surface area (Å²) in [6, 6.07) is 6.52. The Hall–Kier alpha value is -1.59. The molecule has 1 atom stereocenters. The smallest absolute Gasteiger partial charge is 0.327 e. The molecule has 0 heterocycles. The molecule has 0 radical (unpaired) electrons. The van der Waals surface area contributed by atoms with Crippen LogP contribution in [0.5, 0.6) is 0 Å². The fraction of sp³-hybridized carbons (Fsp3) is 0.429. The van der Waals surface area contributed by atoms with Crippen molar-refractivity contribution < 1.29 is 14.3 Å². The summed E-state index contributed by atoms with van der Waals surface area (Å²) >= 11 is 6.10. The van der Waals surface area contributed by atoms with E-state index in [2.05, 4.69) is 10.6 Å². The van der Waals surface area contributed by atoms with E-state index in [0.29, 0.717) is 30.1 Å². The number of methoxy groups -OCH3 is 1. The number of carbonyl (C=O) groups excluding carboxylic acids is 2. The minimum atomic E-state index is -0.606. The minimum Gasteiger partial charge on any atom is -0.468 e. The standard InChI is InChI=1S/C14H19ClN2O3/c1-10(18)16-8-5-9-17-13(14(19)20-2)11-6-3-4-7-12(11)15/h3-4,6-7,13,17H,5,8-9H2,1-2H3,(H,16,18). The Bertz CT molecular complexity index is 465. The van der Waals surface area contributed by atoms with Gasteiger partial charge in [0.2, 0.25) is 5.91 Å². The summed E-state index contributed by atoms with van der Waals surface area (Å²) in [5.74, 6) is -0.460. The number of carbonyl (C=O) groups is 2. The molecule has 0 aromatic heterocycles. The van der Waals surface area contributed by atoms with Crippen LogP contribution in [0.3, 0.4) is 0 Å². The maximum atomic E-state index is 11.8. The van der Waals surface area contributed by atoms with Gasteiger partial charge < -0.3 is 15.4 Å². The number of hydrogen-bond donors (Lipinski definition) is 2. The Kier molecular flexibility index (Phi) is 7.04. The molecule has 20 heavy (non-hydrogen) atoms. The van der Waals surface area contributed by atoms with E-state index >= 15 is 0 Å². The fourth-order valence-electron chi connectivity index (χ4n) is 1.75. The van der Waals surface area contributed by atoms with E-state index in [1.165, 1.54) is 14.0 Å². The molecule has 5 nitrogen and oxygen atoms in total. The molecule has 6 heteroatoms. The highest BCUT2D eigenvalue weighted by atomic mass is 35.5. The lowest BCUT2D eigenvalue weighted by Crippen LogP contribution is -2.32. The van der Waals surface area contributed by atoms with Crippen LogP contribution in [0.2, 0.25) is 5.02 Å². The zero-order valence-electron chi connectivity index (χ0n) is 11.6. The van der Waals surface area contributed by atoms with E-state index in [0.717, 1.165) is 0 Å². The molecule has 0 aliphatic heterocycles. The number of hydrogen-bond acceptors (Lipinski definition) is 4. The second-order valence-electron chi connectivity index (χ2n) is 4.27. The topological polar surface area (TPSA) is 67.4 Å². The van der Waals surface area contributed by atoms with Crippen LogP contribution in [0.4, 0.5) is 0 Å². The summed E-state index contributed by atoms with van der Waals surface area (Å²) in [6.45, 7) is 2.58. The number of rotatable bonds is 7. The highest BCUT2D eigenvalue weighted by Gasteiger charge is 2.22. The average Bonchev–Trinajstić information content (AvgIpc) is 2.43. The third kappa shape index (κ3) is 5.19. The molecule has 0 spiro atoms. The molecular formula is C14H19ClN2O3.